The van der Waals surface area contributed by atoms with E-state index in [9.17, 15) is 19.6 Å². The monoisotopic (exact) mass is 495 g/mol. The van der Waals surface area contributed by atoms with Crippen LogP contribution in [0.5, 0.6) is 0 Å². The maximum atomic E-state index is 12.7. The van der Waals surface area contributed by atoms with Gasteiger partial charge in [0.1, 0.15) is 0 Å². The Morgan fingerprint density at radius 2 is 1.85 bits per heavy atom. The van der Waals surface area contributed by atoms with Crippen molar-refractivity contribution in [3.63, 3.8) is 0 Å². The van der Waals surface area contributed by atoms with Crippen molar-refractivity contribution in [1.29, 1.82) is 5.26 Å². The average Bonchev–Trinajstić information content (AvgIpc) is 2.82. The van der Waals surface area contributed by atoms with Gasteiger partial charge in [-0.3, -0.25) is 9.59 Å². The maximum Gasteiger partial charge on any atom is 0.339 e. The number of carbonyl (C=O) groups excluding carboxylic acids is 3. The Hall–Kier alpha value is -3.54. The van der Waals surface area contributed by atoms with Crippen molar-refractivity contribution in [2.75, 3.05) is 18.2 Å². The first-order chi connectivity index (χ1) is 16.3. The van der Waals surface area contributed by atoms with E-state index < -0.39 is 11.9 Å². The number of allylic oxidation sites excluding steroid dienone is 3. The molecule has 9 heteroatoms. The number of dihydropyridines is 1. The van der Waals surface area contributed by atoms with Crippen LogP contribution in [0.1, 0.15) is 35.7 Å². The summed E-state index contributed by atoms with van der Waals surface area (Å²) in [5.41, 5.74) is 2.77. The lowest BCUT2D eigenvalue weighted by Gasteiger charge is -2.29. The van der Waals surface area contributed by atoms with Crippen molar-refractivity contribution in [2.24, 2.45) is 0 Å². The second kappa shape index (κ2) is 11.1. The summed E-state index contributed by atoms with van der Waals surface area (Å²) in [6, 6.07) is 15.7. The second-order valence-corrected chi connectivity index (χ2v) is 8.86. The fourth-order valence-corrected chi connectivity index (χ4v) is 4.70. The summed E-state index contributed by atoms with van der Waals surface area (Å²) < 4.78 is 4.75. The van der Waals surface area contributed by atoms with Gasteiger partial charge in [-0.2, -0.15) is 5.26 Å². The molecular weight excluding hydrogens is 474 g/mol. The molecule has 0 spiro atoms. The van der Waals surface area contributed by atoms with E-state index in [0.29, 0.717) is 32.6 Å². The number of hydrogen-bond donors (Lipinski definition) is 2. The molecule has 2 aromatic rings. The minimum absolute atomic E-state index is 0.0287. The predicted octanol–water partition coefficient (Wildman–Crippen LogP) is 4.78. The minimum Gasteiger partial charge on any atom is -0.465 e. The zero-order valence-corrected chi connectivity index (χ0v) is 20.3. The zero-order valence-electron chi connectivity index (χ0n) is 18.8. The third-order valence-electron chi connectivity index (χ3n) is 5.18. The molecule has 0 unspecified atom stereocenters. The number of ketones is 1. The number of anilines is 1. The smallest absolute Gasteiger partial charge is 0.339 e. The largest absolute Gasteiger partial charge is 0.465 e. The third kappa shape index (κ3) is 5.50. The number of thioether (sulfide) groups is 1. The van der Waals surface area contributed by atoms with Crippen molar-refractivity contribution in [2.45, 2.75) is 19.8 Å². The van der Waals surface area contributed by atoms with Gasteiger partial charge in [-0.05, 0) is 43.7 Å². The molecule has 1 aliphatic rings. The molecule has 7 nitrogen and oxygen atoms in total. The van der Waals surface area contributed by atoms with Gasteiger partial charge in [0.25, 0.3) is 0 Å². The molecule has 1 amide bonds. The van der Waals surface area contributed by atoms with Crippen LogP contribution in [0.25, 0.3) is 0 Å². The number of Topliss-reactive ketones (excluding diaryl/α,β-unsaturated/α-hetero) is 1. The Labute approximate surface area is 206 Å². The highest BCUT2D eigenvalue weighted by Crippen LogP contribution is 2.41. The molecule has 1 aliphatic heterocycles. The number of esters is 1. The van der Waals surface area contributed by atoms with Crippen molar-refractivity contribution in [1.82, 2.24) is 5.32 Å². The number of nitrogens with one attached hydrogen (secondary N) is 2. The van der Waals surface area contributed by atoms with Gasteiger partial charge in [0.05, 0.1) is 46.7 Å². The van der Waals surface area contributed by atoms with E-state index in [4.69, 9.17) is 16.3 Å². The number of rotatable bonds is 7. The standard InChI is InChI=1S/C25H22ClN3O4S/c1-14-22(15(2)30)23(16-8-10-17(26)11-9-16)19(12-27)24(28-14)34-13-21(31)29-20-7-5-4-6-18(20)25(32)33-3/h4-11,23,28H,13H2,1-3H3,(H,29,31)/t23-/m0/s1. The molecule has 34 heavy (non-hydrogen) atoms. The summed E-state index contributed by atoms with van der Waals surface area (Å²) in [5.74, 6) is -1.69. The number of hydrogen-bond acceptors (Lipinski definition) is 7. The van der Waals surface area contributed by atoms with E-state index in [0.717, 1.165) is 17.3 Å². The molecule has 1 atom stereocenters. The van der Waals surface area contributed by atoms with Crippen LogP contribution in [0.2, 0.25) is 5.02 Å². The fourth-order valence-electron chi connectivity index (χ4n) is 3.69. The van der Waals surface area contributed by atoms with Crippen LogP contribution in [0, 0.1) is 11.3 Å². The van der Waals surface area contributed by atoms with Crippen LogP contribution in [0.3, 0.4) is 0 Å². The Kier molecular flexibility index (Phi) is 8.16. The molecule has 0 bridgehead atoms. The highest BCUT2D eigenvalue weighted by Gasteiger charge is 2.33. The van der Waals surface area contributed by atoms with Crippen molar-refractivity contribution >= 4 is 46.7 Å². The molecule has 0 aromatic heterocycles. The fraction of sp³-hybridized carbons (Fsp3) is 0.200. The number of para-hydroxylation sites is 1. The van der Waals surface area contributed by atoms with Gasteiger partial charge in [0.15, 0.2) is 5.78 Å². The molecule has 0 saturated heterocycles. The van der Waals surface area contributed by atoms with Gasteiger partial charge in [0.2, 0.25) is 5.91 Å². The number of nitriles is 1. The van der Waals surface area contributed by atoms with Crippen molar-refractivity contribution < 1.29 is 19.1 Å². The average molecular weight is 496 g/mol. The van der Waals surface area contributed by atoms with E-state index in [1.165, 1.54) is 14.0 Å². The number of ether oxygens (including phenoxy) is 1. The first-order valence-corrected chi connectivity index (χ1v) is 11.6. The molecule has 0 radical (unpaired) electrons. The predicted molar refractivity (Wildman–Crippen MR) is 132 cm³/mol. The van der Waals surface area contributed by atoms with Crippen molar-refractivity contribution in [3.05, 3.63) is 86.6 Å². The summed E-state index contributed by atoms with van der Waals surface area (Å²) in [7, 11) is 1.27. The molecule has 2 N–H and O–H groups in total. The van der Waals surface area contributed by atoms with E-state index in [2.05, 4.69) is 16.7 Å². The molecule has 0 aliphatic carbocycles. The molecule has 0 fully saturated rings. The number of amides is 1. The lowest BCUT2D eigenvalue weighted by molar-refractivity contribution is -0.114. The SMILES string of the molecule is COC(=O)c1ccccc1NC(=O)CSC1=C(C#N)[C@H](c2ccc(Cl)cc2)C(C(C)=O)=C(C)N1. The van der Waals surface area contributed by atoms with Crippen LogP contribution < -0.4 is 10.6 Å². The van der Waals surface area contributed by atoms with E-state index >= 15 is 0 Å². The van der Waals surface area contributed by atoms with Crippen LogP contribution in [0.15, 0.2) is 70.4 Å². The lowest BCUT2D eigenvalue weighted by atomic mass is 9.81. The third-order valence-corrected chi connectivity index (χ3v) is 6.45. The summed E-state index contributed by atoms with van der Waals surface area (Å²) in [6.45, 7) is 3.23. The Balaban J connectivity index is 1.86. The number of carbonyl (C=O) groups is 3. The normalized spacial score (nSPS) is 15.3. The van der Waals surface area contributed by atoms with Gasteiger partial charge in [0, 0.05) is 16.3 Å². The first kappa shape index (κ1) is 25.1. The number of nitrogens with zero attached hydrogens (tertiary/aromatic N) is 1. The van der Waals surface area contributed by atoms with Gasteiger partial charge >= 0.3 is 5.97 Å². The number of benzene rings is 2. The molecule has 174 valence electrons. The van der Waals surface area contributed by atoms with Crippen LogP contribution in [-0.2, 0) is 14.3 Å². The summed E-state index contributed by atoms with van der Waals surface area (Å²) in [5, 5.41) is 16.8. The van der Waals surface area contributed by atoms with Gasteiger partial charge in [-0.15, -0.1) is 0 Å². The molecule has 3 rings (SSSR count). The van der Waals surface area contributed by atoms with E-state index in [-0.39, 0.29) is 23.0 Å². The summed E-state index contributed by atoms with van der Waals surface area (Å²) in [4.78, 5) is 37.0. The Morgan fingerprint density at radius 3 is 2.47 bits per heavy atom. The number of methoxy groups -OCH3 is 1. The zero-order chi connectivity index (χ0) is 24.8. The van der Waals surface area contributed by atoms with Gasteiger partial charge < -0.3 is 15.4 Å². The minimum atomic E-state index is -0.577. The molecule has 2 aromatic carbocycles. The first-order valence-electron chi connectivity index (χ1n) is 10.2. The van der Waals surface area contributed by atoms with Crippen LogP contribution in [0.4, 0.5) is 5.69 Å². The summed E-state index contributed by atoms with van der Waals surface area (Å²) >= 11 is 7.17. The molecule has 0 saturated carbocycles. The quantitative estimate of drug-likeness (QED) is 0.532. The Bertz CT molecular complexity index is 1250. The van der Waals surface area contributed by atoms with E-state index in [1.54, 1.807) is 55.5 Å². The lowest BCUT2D eigenvalue weighted by Crippen LogP contribution is -2.28. The second-order valence-electron chi connectivity index (χ2n) is 7.43. The van der Waals surface area contributed by atoms with Gasteiger partial charge in [-0.25, -0.2) is 4.79 Å². The van der Waals surface area contributed by atoms with Crippen LogP contribution in [-0.4, -0.2) is 30.5 Å². The Morgan fingerprint density at radius 1 is 1.18 bits per heavy atom. The topological polar surface area (TPSA) is 108 Å². The maximum absolute atomic E-state index is 12.7. The van der Waals surface area contributed by atoms with Crippen molar-refractivity contribution in [3.8, 4) is 6.07 Å². The highest BCUT2D eigenvalue weighted by molar-refractivity contribution is 8.03. The van der Waals surface area contributed by atoms with Gasteiger partial charge in [-0.1, -0.05) is 47.6 Å². The van der Waals surface area contributed by atoms with Crippen LogP contribution >= 0.6 is 23.4 Å². The molecular formula is C25H22ClN3O4S. The van der Waals surface area contributed by atoms with E-state index in [1.807, 2.05) is 0 Å². The molecule has 1 heterocycles. The number of halogens is 1. The highest BCUT2D eigenvalue weighted by atomic mass is 35.5. The summed E-state index contributed by atoms with van der Waals surface area (Å²) in [6.07, 6.45) is 0.